The quantitative estimate of drug-likeness (QED) is 0.440. The molecule has 0 spiro atoms. The van der Waals surface area contributed by atoms with Crippen LogP contribution in [-0.2, 0) is 6.54 Å². The van der Waals surface area contributed by atoms with Crippen molar-refractivity contribution in [2.45, 2.75) is 20.4 Å². The van der Waals surface area contributed by atoms with Crippen molar-refractivity contribution in [3.05, 3.63) is 59.2 Å². The Morgan fingerprint density at radius 1 is 1.33 bits per heavy atom. The number of amides is 1. The molecule has 1 aromatic carbocycles. The van der Waals surface area contributed by atoms with E-state index in [-0.39, 0.29) is 5.91 Å². The van der Waals surface area contributed by atoms with Crippen molar-refractivity contribution in [3.63, 3.8) is 0 Å². The van der Waals surface area contributed by atoms with E-state index in [0.29, 0.717) is 17.9 Å². The average Bonchev–Trinajstić information content (AvgIpc) is 3.00. The van der Waals surface area contributed by atoms with Crippen LogP contribution in [0.1, 0.15) is 27.4 Å². The number of aryl methyl sites for hydroxylation is 2. The number of hydrogen-bond donors (Lipinski definition) is 2. The molecule has 0 fully saturated rings. The van der Waals surface area contributed by atoms with Gasteiger partial charge in [-0.2, -0.15) is 0 Å². The third kappa shape index (κ3) is 2.32. The summed E-state index contributed by atoms with van der Waals surface area (Å²) in [4.78, 5) is 11.6. The second-order valence-electron chi connectivity index (χ2n) is 5.11. The molecule has 0 unspecified atom stereocenters. The van der Waals surface area contributed by atoms with Crippen molar-refractivity contribution < 1.29 is 9.21 Å². The number of para-hydroxylation sites is 1. The number of aromatic nitrogens is 1. The van der Waals surface area contributed by atoms with E-state index < -0.39 is 0 Å². The number of nitrogens with two attached hydrogens (primary N) is 1. The Labute approximate surface area is 122 Å². The third-order valence-electron chi connectivity index (χ3n) is 3.66. The van der Waals surface area contributed by atoms with Gasteiger partial charge in [0.05, 0.1) is 12.1 Å². The molecule has 21 heavy (non-hydrogen) atoms. The van der Waals surface area contributed by atoms with E-state index in [2.05, 4.69) is 35.2 Å². The van der Waals surface area contributed by atoms with Crippen molar-refractivity contribution >= 4 is 16.8 Å². The lowest BCUT2D eigenvalue weighted by Crippen LogP contribution is -2.30. The van der Waals surface area contributed by atoms with Crippen LogP contribution in [0.5, 0.6) is 0 Å². The lowest BCUT2D eigenvalue weighted by molar-refractivity contribution is 0.0952. The predicted molar refractivity (Wildman–Crippen MR) is 80.9 cm³/mol. The molecule has 5 nitrogen and oxygen atoms in total. The molecule has 0 bridgehead atoms. The molecule has 3 aromatic rings. The maximum Gasteiger partial charge on any atom is 0.268 e. The Bertz CT molecular complexity index is 814. The largest absolute Gasteiger partial charge is 0.464 e. The summed E-state index contributed by atoms with van der Waals surface area (Å²) in [5.74, 6) is 6.13. The number of carbonyl (C=O) groups is 1. The Hall–Kier alpha value is -2.53. The number of benzene rings is 1. The summed E-state index contributed by atoms with van der Waals surface area (Å²) in [5.41, 5.74) is 4.96. The standard InChI is InChI=1S/C16H17N3O2/c1-10-8-19(15-6-4-3-5-13(10)15)9-12-7-14(11(2)21-12)16(20)18-17/h3-8H,9,17H2,1-2H3,(H,18,20). The molecular weight excluding hydrogens is 266 g/mol. The molecule has 5 heteroatoms. The number of fused-ring (bicyclic) bond motifs is 1. The maximum atomic E-state index is 11.6. The van der Waals surface area contributed by atoms with Gasteiger partial charge in [0.15, 0.2) is 0 Å². The summed E-state index contributed by atoms with van der Waals surface area (Å²) in [6, 6.07) is 9.95. The zero-order valence-electron chi connectivity index (χ0n) is 12.0. The topological polar surface area (TPSA) is 73.2 Å². The average molecular weight is 283 g/mol. The van der Waals surface area contributed by atoms with Gasteiger partial charge in [-0.05, 0) is 31.5 Å². The lowest BCUT2D eigenvalue weighted by atomic mass is 10.2. The summed E-state index contributed by atoms with van der Waals surface area (Å²) < 4.78 is 7.78. The Balaban J connectivity index is 1.98. The number of nitrogen functional groups attached to an aromatic ring is 1. The minimum absolute atomic E-state index is 0.337. The SMILES string of the molecule is Cc1oc(Cn2cc(C)c3ccccc32)cc1C(=O)NN. The molecular formula is C16H17N3O2. The van der Waals surface area contributed by atoms with Crippen LogP contribution in [0.3, 0.4) is 0 Å². The first-order chi connectivity index (χ1) is 10.1. The van der Waals surface area contributed by atoms with Gasteiger partial charge in [0, 0.05) is 17.1 Å². The summed E-state index contributed by atoms with van der Waals surface area (Å²) in [6.45, 7) is 4.42. The van der Waals surface area contributed by atoms with Gasteiger partial charge in [0.1, 0.15) is 11.5 Å². The van der Waals surface area contributed by atoms with E-state index in [4.69, 9.17) is 10.3 Å². The van der Waals surface area contributed by atoms with Crippen molar-refractivity contribution in [1.82, 2.24) is 9.99 Å². The molecule has 0 aliphatic carbocycles. The third-order valence-corrected chi connectivity index (χ3v) is 3.66. The van der Waals surface area contributed by atoms with Crippen molar-refractivity contribution in [2.24, 2.45) is 5.84 Å². The number of nitrogens with zero attached hydrogens (tertiary/aromatic N) is 1. The molecule has 108 valence electrons. The summed E-state index contributed by atoms with van der Waals surface area (Å²) in [7, 11) is 0. The number of rotatable bonds is 3. The summed E-state index contributed by atoms with van der Waals surface area (Å²) in [6.07, 6.45) is 2.09. The highest BCUT2D eigenvalue weighted by molar-refractivity contribution is 5.94. The normalized spacial score (nSPS) is 11.0. The van der Waals surface area contributed by atoms with Crippen molar-refractivity contribution in [1.29, 1.82) is 0 Å². The molecule has 0 saturated heterocycles. The number of furan rings is 1. The fourth-order valence-electron chi connectivity index (χ4n) is 2.65. The van der Waals surface area contributed by atoms with E-state index in [9.17, 15) is 4.79 Å². The highest BCUT2D eigenvalue weighted by Crippen LogP contribution is 2.23. The zero-order valence-corrected chi connectivity index (χ0v) is 12.0. The first kappa shape index (κ1) is 13.5. The Morgan fingerprint density at radius 3 is 2.86 bits per heavy atom. The molecule has 3 rings (SSSR count). The van der Waals surface area contributed by atoms with Gasteiger partial charge < -0.3 is 8.98 Å². The number of hydrazine groups is 1. The molecule has 3 N–H and O–H groups in total. The van der Waals surface area contributed by atoms with E-state index >= 15 is 0 Å². The maximum absolute atomic E-state index is 11.6. The van der Waals surface area contributed by atoms with Gasteiger partial charge in [-0.25, -0.2) is 5.84 Å². The zero-order chi connectivity index (χ0) is 15.0. The van der Waals surface area contributed by atoms with Crippen LogP contribution in [-0.4, -0.2) is 10.5 Å². The van der Waals surface area contributed by atoms with Gasteiger partial charge >= 0.3 is 0 Å². The molecule has 2 aromatic heterocycles. The number of hydrogen-bond acceptors (Lipinski definition) is 3. The molecule has 0 atom stereocenters. The van der Waals surface area contributed by atoms with E-state index in [0.717, 1.165) is 11.3 Å². The van der Waals surface area contributed by atoms with Crippen LogP contribution < -0.4 is 11.3 Å². The molecule has 0 radical (unpaired) electrons. The smallest absolute Gasteiger partial charge is 0.268 e. The predicted octanol–water partition coefficient (Wildman–Crippen LogP) is 2.50. The highest BCUT2D eigenvalue weighted by atomic mass is 16.3. The molecule has 0 aliphatic rings. The Kier molecular flexibility index (Phi) is 3.27. The summed E-state index contributed by atoms with van der Waals surface area (Å²) >= 11 is 0. The van der Waals surface area contributed by atoms with Gasteiger partial charge in [-0.3, -0.25) is 10.2 Å². The van der Waals surface area contributed by atoms with Crippen LogP contribution in [0.25, 0.3) is 10.9 Å². The van der Waals surface area contributed by atoms with Crippen LogP contribution in [0.2, 0.25) is 0 Å². The van der Waals surface area contributed by atoms with Gasteiger partial charge in [-0.1, -0.05) is 18.2 Å². The first-order valence-corrected chi connectivity index (χ1v) is 6.75. The number of nitrogens with one attached hydrogen (secondary N) is 1. The Morgan fingerprint density at radius 2 is 2.10 bits per heavy atom. The molecule has 1 amide bonds. The number of carbonyl (C=O) groups excluding carboxylic acids is 1. The van der Waals surface area contributed by atoms with Crippen LogP contribution in [0.4, 0.5) is 0 Å². The summed E-state index contributed by atoms with van der Waals surface area (Å²) in [5, 5.41) is 1.22. The van der Waals surface area contributed by atoms with Crippen molar-refractivity contribution in [2.75, 3.05) is 0 Å². The van der Waals surface area contributed by atoms with E-state index in [1.165, 1.54) is 10.9 Å². The van der Waals surface area contributed by atoms with Crippen LogP contribution in [0, 0.1) is 13.8 Å². The minimum Gasteiger partial charge on any atom is -0.464 e. The first-order valence-electron chi connectivity index (χ1n) is 6.75. The second kappa shape index (κ2) is 5.10. The van der Waals surface area contributed by atoms with Gasteiger partial charge in [0.25, 0.3) is 5.91 Å². The van der Waals surface area contributed by atoms with Crippen molar-refractivity contribution in [3.8, 4) is 0 Å². The van der Waals surface area contributed by atoms with E-state index in [1.807, 2.05) is 12.1 Å². The fourth-order valence-corrected chi connectivity index (χ4v) is 2.65. The lowest BCUT2D eigenvalue weighted by Gasteiger charge is -2.02. The van der Waals surface area contributed by atoms with Crippen LogP contribution in [0.15, 0.2) is 40.9 Å². The van der Waals surface area contributed by atoms with Crippen LogP contribution >= 0.6 is 0 Å². The fraction of sp³-hybridized carbons (Fsp3) is 0.188. The molecule has 2 heterocycles. The highest BCUT2D eigenvalue weighted by Gasteiger charge is 2.15. The minimum atomic E-state index is -0.337. The monoisotopic (exact) mass is 283 g/mol. The second-order valence-corrected chi connectivity index (χ2v) is 5.11. The molecule has 0 aliphatic heterocycles. The van der Waals surface area contributed by atoms with Gasteiger partial charge in [0.2, 0.25) is 0 Å². The van der Waals surface area contributed by atoms with E-state index in [1.54, 1.807) is 13.0 Å². The van der Waals surface area contributed by atoms with Gasteiger partial charge in [-0.15, -0.1) is 0 Å². The molecule has 0 saturated carbocycles.